The number of thiophene rings is 1. The lowest BCUT2D eigenvalue weighted by Crippen LogP contribution is -2.39. The van der Waals surface area contributed by atoms with Gasteiger partial charge in [0, 0.05) is 23.2 Å². The van der Waals surface area contributed by atoms with Crippen LogP contribution in [0.4, 0.5) is 5.69 Å². The van der Waals surface area contributed by atoms with Crippen LogP contribution in [0.5, 0.6) is 5.06 Å². The molecule has 0 N–H and O–H groups in total. The van der Waals surface area contributed by atoms with Crippen molar-refractivity contribution in [1.82, 2.24) is 0 Å². The molecule has 0 bridgehead atoms. The minimum atomic E-state index is -4.61. The summed E-state index contributed by atoms with van der Waals surface area (Å²) in [4.78, 5) is 1.27. The number of anilines is 1. The van der Waals surface area contributed by atoms with Crippen molar-refractivity contribution in [1.29, 1.82) is 0 Å². The van der Waals surface area contributed by atoms with Crippen molar-refractivity contribution in [3.8, 4) is 5.06 Å². The number of halogens is 2. The second-order valence-corrected chi connectivity index (χ2v) is 13.8. The molecular formula is C19H15BrClN2O7S4-. The van der Waals surface area contributed by atoms with Gasteiger partial charge in [-0.1, -0.05) is 41.2 Å². The Morgan fingerprint density at radius 1 is 1.21 bits per heavy atom. The van der Waals surface area contributed by atoms with E-state index in [0.717, 1.165) is 4.70 Å². The Hall–Kier alpha value is -1.52. The van der Waals surface area contributed by atoms with Gasteiger partial charge in [-0.2, -0.15) is 4.57 Å². The SMILES string of the molecule is CCC(/C=C1\Oc2sc(Br)cc2N1CS(=O)(=O)[O-])=C\c1sc2ccc(Cl)cc2[n+]1CS(=O)(=O)[O-]. The van der Waals surface area contributed by atoms with Gasteiger partial charge < -0.3 is 13.8 Å². The van der Waals surface area contributed by atoms with Gasteiger partial charge in [-0.15, -0.1) is 0 Å². The number of thiazole rings is 1. The van der Waals surface area contributed by atoms with Gasteiger partial charge in [0.25, 0.3) is 5.01 Å². The minimum Gasteiger partial charge on any atom is -0.747 e. The average molecular weight is 627 g/mol. The van der Waals surface area contributed by atoms with Gasteiger partial charge in [-0.25, -0.2) is 16.8 Å². The first-order valence-corrected chi connectivity index (χ1v) is 15.4. The van der Waals surface area contributed by atoms with Crippen molar-refractivity contribution in [2.24, 2.45) is 0 Å². The Morgan fingerprint density at radius 3 is 2.59 bits per heavy atom. The molecule has 0 unspecified atom stereocenters. The minimum absolute atomic E-state index is 0.147. The van der Waals surface area contributed by atoms with Crippen LogP contribution in [0.25, 0.3) is 16.3 Å². The third-order valence-corrected chi connectivity index (χ3v) is 8.70. The van der Waals surface area contributed by atoms with Crippen LogP contribution in [0.2, 0.25) is 5.02 Å². The van der Waals surface area contributed by atoms with E-state index < -0.39 is 32.0 Å². The van der Waals surface area contributed by atoms with Crippen LogP contribution in [0, 0.1) is 0 Å². The average Bonchev–Trinajstić information content (AvgIpc) is 3.32. The number of rotatable bonds is 7. The summed E-state index contributed by atoms with van der Waals surface area (Å²) in [6.07, 6.45) is 3.73. The van der Waals surface area contributed by atoms with E-state index in [4.69, 9.17) is 16.3 Å². The number of nitrogens with zero attached hydrogens (tertiary/aromatic N) is 2. The molecule has 1 aliphatic rings. The first-order chi connectivity index (χ1) is 15.8. The van der Waals surface area contributed by atoms with Crippen LogP contribution in [-0.4, -0.2) is 31.8 Å². The van der Waals surface area contributed by atoms with Crippen molar-refractivity contribution in [2.45, 2.75) is 19.2 Å². The highest BCUT2D eigenvalue weighted by Gasteiger charge is 2.31. The lowest BCUT2D eigenvalue weighted by molar-refractivity contribution is -0.649. The van der Waals surface area contributed by atoms with Gasteiger partial charge in [0.1, 0.15) is 26.4 Å². The van der Waals surface area contributed by atoms with Crippen LogP contribution >= 0.6 is 50.2 Å². The van der Waals surface area contributed by atoms with Gasteiger partial charge in [-0.3, -0.25) is 4.90 Å². The Balaban J connectivity index is 1.81. The molecule has 0 amide bonds. The third-order valence-electron chi connectivity index (χ3n) is 4.70. The summed E-state index contributed by atoms with van der Waals surface area (Å²) in [5.41, 5.74) is 1.59. The first-order valence-electron chi connectivity index (χ1n) is 9.49. The molecule has 0 atom stereocenters. The monoisotopic (exact) mass is 625 g/mol. The lowest BCUT2D eigenvalue weighted by Gasteiger charge is -2.20. The van der Waals surface area contributed by atoms with Crippen LogP contribution < -0.4 is 14.2 Å². The molecule has 1 aromatic carbocycles. The molecule has 0 fully saturated rings. The Morgan fingerprint density at radius 2 is 1.94 bits per heavy atom. The maximum atomic E-state index is 11.6. The van der Waals surface area contributed by atoms with E-state index in [1.54, 1.807) is 36.4 Å². The number of hydrogen-bond donors (Lipinski definition) is 0. The summed E-state index contributed by atoms with van der Waals surface area (Å²) in [6.45, 7) is 1.84. The fraction of sp³-hybridized carbons (Fsp3) is 0.211. The van der Waals surface area contributed by atoms with E-state index in [1.807, 2.05) is 6.92 Å². The molecule has 1 aliphatic heterocycles. The summed E-state index contributed by atoms with van der Waals surface area (Å²) < 4.78 is 77.8. The predicted molar refractivity (Wildman–Crippen MR) is 133 cm³/mol. The van der Waals surface area contributed by atoms with Crippen molar-refractivity contribution in [3.05, 3.63) is 55.6 Å². The molecule has 0 saturated heterocycles. The molecule has 3 heterocycles. The zero-order valence-electron chi connectivity index (χ0n) is 17.2. The molecule has 15 heteroatoms. The predicted octanol–water partition coefficient (Wildman–Crippen LogP) is 4.21. The molecule has 182 valence electrons. The standard InChI is InChI=1S/C19H16BrClN2O7S4/c1-2-11(5-17-22(9-33(24,25)26)14-8-16(20)32-19(14)30-17)6-18-23(10-34(27,28)29)13-7-12(21)3-4-15(13)31-18/h3-8H,2,9-10H2,1H3,(H-,24,25,26,27,28,29)/p-1. The number of allylic oxidation sites excluding steroid dienone is 2. The van der Waals surface area contributed by atoms with E-state index in [-0.39, 0.29) is 5.88 Å². The van der Waals surface area contributed by atoms with Crippen LogP contribution in [0.1, 0.15) is 18.4 Å². The summed E-state index contributed by atoms with van der Waals surface area (Å²) >= 11 is 11.9. The van der Waals surface area contributed by atoms with Crippen LogP contribution in [-0.2, 0) is 26.1 Å². The van der Waals surface area contributed by atoms with Crippen LogP contribution in [0.15, 0.2) is 45.6 Å². The van der Waals surface area contributed by atoms with E-state index in [0.29, 0.717) is 42.1 Å². The Labute approximate surface area is 217 Å². The summed E-state index contributed by atoms with van der Waals surface area (Å²) in [5.74, 6) is -1.45. The molecule has 9 nitrogen and oxygen atoms in total. The summed E-state index contributed by atoms with van der Waals surface area (Å²) in [5, 5.41) is 1.30. The smallest absolute Gasteiger partial charge is 0.263 e. The van der Waals surface area contributed by atoms with E-state index >= 15 is 0 Å². The maximum absolute atomic E-state index is 11.6. The molecule has 0 spiro atoms. The molecule has 2 aromatic heterocycles. The van der Waals surface area contributed by atoms with E-state index in [2.05, 4.69) is 15.9 Å². The normalized spacial score (nSPS) is 15.9. The van der Waals surface area contributed by atoms with Gasteiger partial charge in [0.15, 0.2) is 10.1 Å². The quantitative estimate of drug-likeness (QED) is 0.282. The van der Waals surface area contributed by atoms with Crippen molar-refractivity contribution in [2.75, 3.05) is 10.8 Å². The fourth-order valence-electron chi connectivity index (χ4n) is 3.30. The molecule has 0 radical (unpaired) electrons. The number of aromatic nitrogens is 1. The van der Waals surface area contributed by atoms with E-state index in [9.17, 15) is 25.9 Å². The number of fused-ring (bicyclic) bond motifs is 2. The van der Waals surface area contributed by atoms with E-state index in [1.165, 1.54) is 32.1 Å². The molecule has 3 aromatic rings. The summed E-state index contributed by atoms with van der Waals surface area (Å²) in [7, 11) is -9.22. The highest BCUT2D eigenvalue weighted by molar-refractivity contribution is 9.11. The Kier molecular flexibility index (Phi) is 7.15. The molecule has 34 heavy (non-hydrogen) atoms. The molecular weight excluding hydrogens is 612 g/mol. The topological polar surface area (TPSA) is 131 Å². The largest absolute Gasteiger partial charge is 0.747 e. The lowest BCUT2D eigenvalue weighted by atomic mass is 10.2. The third kappa shape index (κ3) is 5.82. The van der Waals surface area contributed by atoms with Gasteiger partial charge >= 0.3 is 0 Å². The van der Waals surface area contributed by atoms with Gasteiger partial charge in [-0.05, 0) is 46.1 Å². The second kappa shape index (κ2) is 9.50. The van der Waals surface area contributed by atoms with Crippen molar-refractivity contribution >= 4 is 92.4 Å². The fourth-order valence-corrected chi connectivity index (χ4v) is 7.25. The number of benzene rings is 1. The summed E-state index contributed by atoms with van der Waals surface area (Å²) in [6, 6.07) is 6.63. The highest BCUT2D eigenvalue weighted by atomic mass is 79.9. The van der Waals surface area contributed by atoms with Gasteiger partial charge in [0.2, 0.25) is 22.3 Å². The number of ether oxygens (including phenoxy) is 1. The molecule has 0 saturated carbocycles. The second-order valence-electron chi connectivity index (χ2n) is 7.16. The highest BCUT2D eigenvalue weighted by Crippen LogP contribution is 2.48. The Bertz CT molecular complexity index is 1560. The molecule has 4 rings (SSSR count). The zero-order chi connectivity index (χ0) is 24.8. The van der Waals surface area contributed by atoms with Gasteiger partial charge in [0.05, 0.1) is 3.79 Å². The van der Waals surface area contributed by atoms with Crippen molar-refractivity contribution < 1.29 is 35.2 Å². The first kappa shape index (κ1) is 25.6. The molecule has 0 aliphatic carbocycles. The van der Waals surface area contributed by atoms with Crippen molar-refractivity contribution in [3.63, 3.8) is 0 Å². The number of hydrogen-bond acceptors (Lipinski definition) is 10. The maximum Gasteiger partial charge on any atom is 0.263 e. The van der Waals surface area contributed by atoms with Crippen LogP contribution in [0.3, 0.4) is 0 Å². The zero-order valence-corrected chi connectivity index (χ0v) is 22.8.